The number of aryl methyl sites for hydroxylation is 1. The number of allylic oxidation sites excluding steroid dienone is 1. The Morgan fingerprint density at radius 2 is 1.94 bits per heavy atom. The van der Waals surface area contributed by atoms with Crippen LogP contribution in [0.5, 0.6) is 0 Å². The van der Waals surface area contributed by atoms with Gasteiger partial charge in [-0.15, -0.1) is 0 Å². The third kappa shape index (κ3) is 2.71. The highest BCUT2D eigenvalue weighted by Crippen LogP contribution is 2.38. The van der Waals surface area contributed by atoms with Gasteiger partial charge in [-0.1, -0.05) is 36.9 Å². The van der Waals surface area contributed by atoms with Crippen molar-refractivity contribution in [3.63, 3.8) is 0 Å². The molecule has 92 valence electrons. The minimum absolute atomic E-state index is 0.383. The summed E-state index contributed by atoms with van der Waals surface area (Å²) in [5.74, 6) is 0. The van der Waals surface area contributed by atoms with E-state index in [2.05, 4.69) is 55.8 Å². The number of rotatable bonds is 5. The van der Waals surface area contributed by atoms with Crippen molar-refractivity contribution in [1.82, 2.24) is 4.90 Å². The summed E-state index contributed by atoms with van der Waals surface area (Å²) in [5, 5.41) is 0. The Morgan fingerprint density at radius 3 is 2.47 bits per heavy atom. The molecule has 0 radical (unpaired) electrons. The van der Waals surface area contributed by atoms with Gasteiger partial charge in [-0.2, -0.15) is 0 Å². The Hall–Kier alpha value is -1.24. The van der Waals surface area contributed by atoms with Crippen LogP contribution < -0.4 is 0 Å². The second kappa shape index (κ2) is 4.95. The molecule has 17 heavy (non-hydrogen) atoms. The summed E-state index contributed by atoms with van der Waals surface area (Å²) in [5.41, 5.74) is 3.06. The normalized spacial score (nSPS) is 17.3. The molecule has 2 rings (SSSR count). The van der Waals surface area contributed by atoms with Crippen LogP contribution in [-0.2, 0) is 6.42 Å². The van der Waals surface area contributed by atoms with Crippen LogP contribution in [0.3, 0.4) is 0 Å². The van der Waals surface area contributed by atoms with Gasteiger partial charge >= 0.3 is 0 Å². The number of hydrogen-bond acceptors (Lipinski definition) is 1. The zero-order chi connectivity index (χ0) is 12.3. The summed E-state index contributed by atoms with van der Waals surface area (Å²) in [6.07, 6.45) is 6.16. The van der Waals surface area contributed by atoms with E-state index in [1.807, 2.05) is 0 Å². The molecule has 0 aromatic heterocycles. The van der Waals surface area contributed by atoms with Gasteiger partial charge in [0.2, 0.25) is 0 Å². The van der Waals surface area contributed by atoms with E-state index in [1.165, 1.54) is 30.5 Å². The van der Waals surface area contributed by atoms with Gasteiger partial charge < -0.3 is 4.90 Å². The molecule has 0 atom stereocenters. The molecule has 1 heteroatoms. The molecular formula is C16H23N. The summed E-state index contributed by atoms with van der Waals surface area (Å²) in [4.78, 5) is 2.40. The lowest BCUT2D eigenvalue weighted by Crippen LogP contribution is -2.48. The Morgan fingerprint density at radius 1 is 1.29 bits per heavy atom. The maximum absolute atomic E-state index is 4.24. The van der Waals surface area contributed by atoms with Crippen molar-refractivity contribution in [1.29, 1.82) is 0 Å². The molecule has 1 saturated carbocycles. The molecule has 1 fully saturated rings. The number of benzene rings is 1. The monoisotopic (exact) mass is 229 g/mol. The fraction of sp³-hybridized carbons (Fsp3) is 0.500. The van der Waals surface area contributed by atoms with Crippen LogP contribution in [-0.4, -0.2) is 17.5 Å². The third-order valence-electron chi connectivity index (χ3n) is 4.26. The van der Waals surface area contributed by atoms with Crippen LogP contribution in [0, 0.1) is 0 Å². The number of hydrogen-bond donors (Lipinski definition) is 0. The molecule has 1 aliphatic carbocycles. The first kappa shape index (κ1) is 12.2. The largest absolute Gasteiger partial charge is 0.373 e. The Labute approximate surface area is 105 Å². The summed E-state index contributed by atoms with van der Waals surface area (Å²) in [7, 11) is 2.20. The maximum atomic E-state index is 4.24. The van der Waals surface area contributed by atoms with Crippen molar-refractivity contribution in [3.8, 4) is 0 Å². The third-order valence-corrected chi connectivity index (χ3v) is 4.26. The minimum Gasteiger partial charge on any atom is -0.373 e. The Bertz CT molecular complexity index is 376. The van der Waals surface area contributed by atoms with E-state index >= 15 is 0 Å². The summed E-state index contributed by atoms with van der Waals surface area (Å²) < 4.78 is 0. The first-order chi connectivity index (χ1) is 8.12. The second-order valence-corrected chi connectivity index (χ2v) is 5.46. The molecule has 0 N–H and O–H groups in total. The predicted molar refractivity (Wildman–Crippen MR) is 73.9 cm³/mol. The average molecular weight is 229 g/mol. The predicted octanol–water partition coefficient (Wildman–Crippen LogP) is 4.01. The summed E-state index contributed by atoms with van der Waals surface area (Å²) >= 11 is 0. The molecule has 0 amide bonds. The molecule has 0 bridgehead atoms. The Kier molecular flexibility index (Phi) is 3.56. The van der Waals surface area contributed by atoms with Crippen LogP contribution in [0.4, 0.5) is 0 Å². The summed E-state index contributed by atoms with van der Waals surface area (Å²) in [6.45, 7) is 6.60. The first-order valence-electron chi connectivity index (χ1n) is 6.57. The van der Waals surface area contributed by atoms with Gasteiger partial charge in [0.15, 0.2) is 0 Å². The molecule has 1 aromatic rings. The first-order valence-corrected chi connectivity index (χ1v) is 6.57. The van der Waals surface area contributed by atoms with E-state index < -0.39 is 0 Å². The molecule has 0 spiro atoms. The SMILES string of the molecule is C=C(CCc1ccccc1)N(C)C1(C)CCC1. The zero-order valence-corrected chi connectivity index (χ0v) is 11.1. The fourth-order valence-electron chi connectivity index (χ4n) is 2.51. The Balaban J connectivity index is 1.85. The lowest BCUT2D eigenvalue weighted by atomic mass is 9.77. The fourth-order valence-corrected chi connectivity index (χ4v) is 2.51. The standard InChI is InChI=1S/C16H23N/c1-14(17(3)16(2)12-7-13-16)10-11-15-8-5-4-6-9-15/h4-6,8-9H,1,7,10-13H2,2-3H3. The van der Waals surface area contributed by atoms with Crippen LogP contribution in [0.2, 0.25) is 0 Å². The molecule has 1 aliphatic rings. The van der Waals surface area contributed by atoms with Crippen LogP contribution >= 0.6 is 0 Å². The zero-order valence-electron chi connectivity index (χ0n) is 11.1. The molecule has 0 unspecified atom stereocenters. The van der Waals surface area contributed by atoms with E-state index in [4.69, 9.17) is 0 Å². The van der Waals surface area contributed by atoms with Gasteiger partial charge in [-0.25, -0.2) is 0 Å². The number of nitrogens with zero attached hydrogens (tertiary/aromatic N) is 1. The van der Waals surface area contributed by atoms with Crippen molar-refractivity contribution in [2.75, 3.05) is 7.05 Å². The molecule has 0 aliphatic heterocycles. The molecule has 1 nitrogen and oxygen atoms in total. The minimum atomic E-state index is 0.383. The summed E-state index contributed by atoms with van der Waals surface area (Å²) in [6, 6.07) is 10.7. The highest BCUT2D eigenvalue weighted by molar-refractivity contribution is 5.16. The highest BCUT2D eigenvalue weighted by atomic mass is 15.2. The van der Waals surface area contributed by atoms with E-state index in [0.29, 0.717) is 5.54 Å². The van der Waals surface area contributed by atoms with E-state index in [-0.39, 0.29) is 0 Å². The van der Waals surface area contributed by atoms with Crippen LogP contribution in [0.1, 0.15) is 38.2 Å². The van der Waals surface area contributed by atoms with Gasteiger partial charge in [0.25, 0.3) is 0 Å². The molecule has 0 saturated heterocycles. The molecular weight excluding hydrogens is 206 g/mol. The van der Waals surface area contributed by atoms with Gasteiger partial charge in [0, 0.05) is 18.3 Å². The van der Waals surface area contributed by atoms with Gasteiger partial charge in [-0.05, 0) is 44.6 Å². The van der Waals surface area contributed by atoms with E-state index in [9.17, 15) is 0 Å². The lowest BCUT2D eigenvalue weighted by molar-refractivity contribution is 0.0843. The molecule has 0 heterocycles. The second-order valence-electron chi connectivity index (χ2n) is 5.46. The van der Waals surface area contributed by atoms with Crippen molar-refractivity contribution in [2.45, 2.75) is 44.6 Å². The van der Waals surface area contributed by atoms with Gasteiger partial charge in [0.1, 0.15) is 0 Å². The maximum Gasteiger partial charge on any atom is 0.0367 e. The van der Waals surface area contributed by atoms with E-state index in [1.54, 1.807) is 0 Å². The van der Waals surface area contributed by atoms with Crippen molar-refractivity contribution < 1.29 is 0 Å². The molecule has 1 aromatic carbocycles. The average Bonchev–Trinajstić information content (AvgIpc) is 2.33. The highest BCUT2D eigenvalue weighted by Gasteiger charge is 2.36. The van der Waals surface area contributed by atoms with Gasteiger partial charge in [-0.3, -0.25) is 0 Å². The van der Waals surface area contributed by atoms with E-state index in [0.717, 1.165) is 12.8 Å². The lowest BCUT2D eigenvalue weighted by Gasteiger charge is -2.48. The van der Waals surface area contributed by atoms with Gasteiger partial charge in [0.05, 0.1) is 0 Å². The van der Waals surface area contributed by atoms with Crippen molar-refractivity contribution in [2.24, 2.45) is 0 Å². The van der Waals surface area contributed by atoms with Crippen molar-refractivity contribution >= 4 is 0 Å². The quantitative estimate of drug-likeness (QED) is 0.737. The van der Waals surface area contributed by atoms with Crippen LogP contribution in [0.15, 0.2) is 42.6 Å². The topological polar surface area (TPSA) is 3.24 Å². The smallest absolute Gasteiger partial charge is 0.0367 e. The van der Waals surface area contributed by atoms with Crippen LogP contribution in [0.25, 0.3) is 0 Å². The van der Waals surface area contributed by atoms with Crippen molar-refractivity contribution in [3.05, 3.63) is 48.2 Å².